The second-order valence-electron chi connectivity index (χ2n) is 31.2. The third kappa shape index (κ3) is 10.8. The van der Waals surface area contributed by atoms with Crippen LogP contribution in [-0.4, -0.2) is 81.3 Å². The fraction of sp³-hybridized carbons (Fsp3) is 1.00. The molecule has 0 bridgehead atoms. The van der Waals surface area contributed by atoms with Gasteiger partial charge in [-0.25, -0.2) is 0 Å². The van der Waals surface area contributed by atoms with Crippen LogP contribution in [0.1, 0.15) is 249 Å². The van der Waals surface area contributed by atoms with E-state index < -0.39 is 46.0 Å². The van der Waals surface area contributed by atoms with Gasteiger partial charge in [-0.15, -0.1) is 0 Å². The van der Waals surface area contributed by atoms with Crippen LogP contribution >= 0.6 is 0 Å². The summed E-state index contributed by atoms with van der Waals surface area (Å²) in [6.45, 7) is 99.6. The summed E-state index contributed by atoms with van der Waals surface area (Å²) in [4.78, 5) is 0. The van der Waals surface area contributed by atoms with Gasteiger partial charge in [0.05, 0.1) is 30.4 Å². The molecule has 0 rings (SSSR count). The van der Waals surface area contributed by atoms with Gasteiger partial charge in [0.25, 0.3) is 0 Å². The van der Waals surface area contributed by atoms with Gasteiger partial charge in [-0.05, 0) is 60.5 Å². The first-order valence-electron chi connectivity index (χ1n) is 23.2. The molecule has 0 aliphatic carbocycles. The van der Waals surface area contributed by atoms with Crippen LogP contribution in [0.15, 0.2) is 0 Å². The fourth-order valence-corrected chi connectivity index (χ4v) is 157. The normalized spacial score (nSPS) is 16.2. The molecule has 0 unspecified atom stereocenters. The third-order valence-corrected chi connectivity index (χ3v) is 101. The molecule has 0 atom stereocenters. The van der Waals surface area contributed by atoms with Gasteiger partial charge in [0.1, 0.15) is 0 Å². The second kappa shape index (κ2) is 18.9. The van der Waals surface area contributed by atoms with Crippen molar-refractivity contribution in [2.24, 2.45) is 0 Å². The fourth-order valence-electron chi connectivity index (χ4n) is 20.8. The summed E-state index contributed by atoms with van der Waals surface area (Å²) in [5.74, 6) is 0. The predicted molar refractivity (Wildman–Crippen MR) is 294 cm³/mol. The first-order chi connectivity index (χ1) is 24.3. The standard InChI is InChI=1S/2C25H57Si3.2Sn/c2*1-20(2,3)27(21(4,5)6,22(7,8)9)26(19)28(23(10,11)12,24(13,14)15)25(16,17)18;;/h2*1-19H3;;. The van der Waals surface area contributed by atoms with Crippen LogP contribution in [0.5, 0.6) is 0 Å². The molecule has 0 fully saturated rings. The molecular formula is C50H114Si6Sn2. The van der Waals surface area contributed by atoms with Crippen molar-refractivity contribution in [2.45, 2.75) is 323 Å². The van der Waals surface area contributed by atoms with Crippen molar-refractivity contribution >= 4 is 81.3 Å². The SMILES string of the molecule is C[Si]([Si](C(C)(C)C)(C(C)(C)C)C(C)(C)C)[Si](C(C)(C)C)(C(C)(C)C)C(C)(C)C.C[Si]([Si](C(C)(C)C)(C(C)(C)C)C(C)(C)C)[Si](C(C)(C)C)(C(C)(C)C)C(C)(C)C.[Sn]#[Sn]. The molecule has 0 spiro atoms. The van der Waals surface area contributed by atoms with E-state index >= 15 is 0 Å². The zero-order chi connectivity index (χ0) is 49.2. The van der Waals surface area contributed by atoms with Crippen LogP contribution in [0.3, 0.4) is 0 Å². The molecule has 0 saturated carbocycles. The summed E-state index contributed by atoms with van der Waals surface area (Å²) >= 11 is 3.28. The Labute approximate surface area is 400 Å². The van der Waals surface area contributed by atoms with Gasteiger partial charge in [0.15, 0.2) is 0 Å². The van der Waals surface area contributed by atoms with Gasteiger partial charge in [0.2, 0.25) is 0 Å². The van der Waals surface area contributed by atoms with Crippen molar-refractivity contribution in [1.82, 2.24) is 0 Å². The summed E-state index contributed by atoms with van der Waals surface area (Å²) in [7, 11) is -8.52. The van der Waals surface area contributed by atoms with Gasteiger partial charge >= 0.3 is 35.3 Å². The van der Waals surface area contributed by atoms with Gasteiger partial charge in [-0.2, -0.15) is 0 Å². The minimum atomic E-state index is -1.80. The van der Waals surface area contributed by atoms with Crippen LogP contribution in [0.25, 0.3) is 0 Å². The number of hydrogen-bond donors (Lipinski definition) is 0. The van der Waals surface area contributed by atoms with E-state index in [0.29, 0.717) is 60.5 Å². The van der Waals surface area contributed by atoms with Crippen molar-refractivity contribution < 1.29 is 0 Å². The molecule has 0 aliphatic heterocycles. The monoisotopic (exact) mass is 1120 g/mol. The summed E-state index contributed by atoms with van der Waals surface area (Å²) < 4.78 is 0. The van der Waals surface area contributed by atoms with Crippen LogP contribution in [0.2, 0.25) is 73.6 Å². The zero-order valence-electron chi connectivity index (χ0n) is 48.0. The average Bonchev–Trinajstić information content (AvgIpc) is 2.75. The molecule has 0 amide bonds. The molecule has 8 heteroatoms. The van der Waals surface area contributed by atoms with E-state index in [9.17, 15) is 0 Å². The first-order valence-corrected chi connectivity index (χ1v) is 50.2. The molecule has 0 aromatic heterocycles. The quantitative estimate of drug-likeness (QED) is 0.246. The van der Waals surface area contributed by atoms with Crippen molar-refractivity contribution in [3.05, 3.63) is 0 Å². The van der Waals surface area contributed by atoms with Crippen molar-refractivity contribution in [1.29, 1.82) is 0 Å². The maximum absolute atomic E-state index is 2.84. The van der Waals surface area contributed by atoms with E-state index in [2.05, 4.69) is 262 Å². The van der Waals surface area contributed by atoms with Crippen LogP contribution in [0, 0.1) is 0 Å². The van der Waals surface area contributed by atoms with Crippen molar-refractivity contribution in [3.63, 3.8) is 0 Å². The molecule has 0 heterocycles. The number of hydrogen-bond acceptors (Lipinski definition) is 0. The van der Waals surface area contributed by atoms with E-state index in [0.717, 1.165) is 0 Å². The maximum atomic E-state index is 2.84. The molecule has 0 N–H and O–H groups in total. The molecule has 346 valence electrons. The van der Waals surface area contributed by atoms with Gasteiger partial charge in [-0.1, -0.05) is 262 Å². The van der Waals surface area contributed by atoms with Crippen LogP contribution in [0.4, 0.5) is 0 Å². The summed E-state index contributed by atoms with van der Waals surface area (Å²) in [6, 6.07) is 0. The zero-order valence-corrected chi connectivity index (χ0v) is 59.7. The molecule has 4 radical (unpaired) electrons. The van der Waals surface area contributed by atoms with Crippen molar-refractivity contribution in [2.75, 3.05) is 0 Å². The van der Waals surface area contributed by atoms with Crippen LogP contribution < -0.4 is 0 Å². The molecule has 0 saturated heterocycles. The molecular weight excluding hydrogens is 1010 g/mol. The topological polar surface area (TPSA) is 0 Å². The van der Waals surface area contributed by atoms with E-state index in [-0.39, 0.29) is 0 Å². The Balaban J connectivity index is -0.000001000. The van der Waals surface area contributed by atoms with E-state index in [1.165, 1.54) is 0 Å². The van der Waals surface area contributed by atoms with E-state index in [4.69, 9.17) is 0 Å². The first kappa shape index (κ1) is 65.2. The van der Waals surface area contributed by atoms with E-state index in [1.807, 2.05) is 0 Å². The Morgan fingerprint density at radius 3 is 0.276 bits per heavy atom. The molecule has 0 aliphatic rings. The van der Waals surface area contributed by atoms with E-state index in [1.54, 1.807) is 35.3 Å². The molecule has 58 heavy (non-hydrogen) atoms. The Morgan fingerprint density at radius 1 is 0.190 bits per heavy atom. The van der Waals surface area contributed by atoms with Crippen molar-refractivity contribution in [3.8, 4) is 0 Å². The average molecular weight is 1120 g/mol. The summed E-state index contributed by atoms with van der Waals surface area (Å²) in [5, 5.41) is 4.58. The minimum absolute atomic E-state index is 0.381. The third-order valence-electron chi connectivity index (χ3n) is 15.8. The molecule has 0 nitrogen and oxygen atoms in total. The Morgan fingerprint density at radius 2 is 0.241 bits per heavy atom. The van der Waals surface area contributed by atoms with Gasteiger partial charge < -0.3 is 0 Å². The Hall–Kier alpha value is 2.90. The van der Waals surface area contributed by atoms with Crippen LogP contribution in [-0.2, 0) is 0 Å². The Bertz CT molecular complexity index is 977. The predicted octanol–water partition coefficient (Wildman–Crippen LogP) is 19.2. The molecule has 0 aromatic carbocycles. The summed E-state index contributed by atoms with van der Waals surface area (Å²) in [5.41, 5.74) is 0. The number of rotatable bonds is 4. The Kier molecular flexibility index (Phi) is 21.2. The second-order valence-corrected chi connectivity index (χ2v) is 78.8. The molecule has 0 aromatic rings. The van der Waals surface area contributed by atoms with Gasteiger partial charge in [-0.3, -0.25) is 0 Å². The van der Waals surface area contributed by atoms with Gasteiger partial charge in [0, 0.05) is 15.7 Å². The summed E-state index contributed by atoms with van der Waals surface area (Å²) in [6.07, 6.45) is 0.